The maximum absolute atomic E-state index is 13.8. The molecular weight excluding hydrogens is 532 g/mol. The van der Waals surface area contributed by atoms with Crippen LogP contribution in [0.15, 0.2) is 0 Å². The van der Waals surface area contributed by atoms with Gasteiger partial charge in [-0.2, -0.15) is 70.2 Å². The van der Waals surface area contributed by atoms with Crippen molar-refractivity contribution in [3.05, 3.63) is 0 Å². The van der Waals surface area contributed by atoms with Crippen LogP contribution in [0, 0.1) is 0 Å². The molecule has 0 fully saturated rings. The Labute approximate surface area is 190 Å². The summed E-state index contributed by atoms with van der Waals surface area (Å²) in [6.07, 6.45) is -5.27. The monoisotopic (exact) mass is 556 g/mol. The molecule has 0 nitrogen and oxygen atoms in total. The smallest absolute Gasteiger partial charge is 0.200 e. The third-order valence-electron chi connectivity index (χ3n) is 5.30. The maximum Gasteiger partial charge on any atom is 0.384 e. The molecule has 0 aromatic rings. The molecule has 0 rings (SSSR count). The van der Waals surface area contributed by atoms with Crippen molar-refractivity contribution in [1.82, 2.24) is 0 Å². The number of alkyl halides is 16. The van der Waals surface area contributed by atoms with Crippen molar-refractivity contribution in [2.45, 2.75) is 119 Å². The Morgan fingerprint density at radius 2 is 0.600 bits per heavy atom. The Morgan fingerprint density at radius 1 is 0.314 bits per heavy atom. The summed E-state index contributed by atoms with van der Waals surface area (Å²) in [6.45, 7) is 2.38. The molecule has 0 aliphatic rings. The van der Waals surface area contributed by atoms with Gasteiger partial charge < -0.3 is 0 Å². The standard InChI is InChI=1S/C19H24F16/c1-3-5-6-7-8-9-11-13(22,23)15(26,27)17(30,31)19(34,35)18(32,33)16(28,29)14(24,25)12(20,21)10-4-2/h3-11H2,1-2H3. The number of hydrogen-bond acceptors (Lipinski definition) is 0. The van der Waals surface area contributed by atoms with Gasteiger partial charge in [0.1, 0.15) is 0 Å². The molecule has 0 N–H and O–H groups in total. The first kappa shape index (κ1) is 33.9. The zero-order chi connectivity index (χ0) is 28.4. The zero-order valence-electron chi connectivity index (χ0n) is 18.4. The van der Waals surface area contributed by atoms with Crippen LogP contribution >= 0.6 is 0 Å². The summed E-state index contributed by atoms with van der Waals surface area (Å²) in [5.74, 6) is -60.1. The first-order valence-corrected chi connectivity index (χ1v) is 10.4. The van der Waals surface area contributed by atoms with E-state index in [-0.39, 0.29) is 12.8 Å². The van der Waals surface area contributed by atoms with Crippen LogP contribution in [0.25, 0.3) is 0 Å². The van der Waals surface area contributed by atoms with E-state index in [2.05, 4.69) is 0 Å². The van der Waals surface area contributed by atoms with Crippen molar-refractivity contribution >= 4 is 0 Å². The molecule has 0 heterocycles. The van der Waals surface area contributed by atoms with Crippen LogP contribution in [0.4, 0.5) is 70.2 Å². The summed E-state index contributed by atoms with van der Waals surface area (Å²) in [6, 6.07) is 0. The van der Waals surface area contributed by atoms with E-state index in [0.717, 1.165) is 0 Å². The molecule has 212 valence electrons. The molecule has 0 aromatic heterocycles. The SMILES string of the molecule is CCCCCCCCC(F)(F)C(F)(F)C(F)(F)C(F)(F)C(F)(F)C(F)(F)C(F)(F)C(F)(F)CCC. The number of rotatable bonds is 16. The van der Waals surface area contributed by atoms with Crippen LogP contribution in [0.5, 0.6) is 0 Å². The highest BCUT2D eigenvalue weighted by atomic mass is 19.4. The lowest BCUT2D eigenvalue weighted by atomic mass is 9.86. The van der Waals surface area contributed by atoms with Crippen molar-refractivity contribution in [2.24, 2.45) is 0 Å². The van der Waals surface area contributed by atoms with E-state index in [9.17, 15) is 70.2 Å². The highest BCUT2D eigenvalue weighted by molar-refractivity contribution is 5.15. The Hall–Kier alpha value is -1.12. The number of hydrogen-bond donors (Lipinski definition) is 0. The first-order chi connectivity index (χ1) is 15.4. The maximum atomic E-state index is 13.8. The fraction of sp³-hybridized carbons (Fsp3) is 1.00. The van der Waals surface area contributed by atoms with Gasteiger partial charge in [-0.3, -0.25) is 0 Å². The Morgan fingerprint density at radius 3 is 0.943 bits per heavy atom. The van der Waals surface area contributed by atoms with E-state index < -0.39 is 73.1 Å². The zero-order valence-corrected chi connectivity index (χ0v) is 18.4. The Kier molecular flexibility index (Phi) is 10.4. The average Bonchev–Trinajstić information content (AvgIpc) is 2.69. The predicted molar refractivity (Wildman–Crippen MR) is 92.5 cm³/mol. The van der Waals surface area contributed by atoms with Gasteiger partial charge in [-0.25, -0.2) is 0 Å². The van der Waals surface area contributed by atoms with Crippen molar-refractivity contribution < 1.29 is 70.2 Å². The highest BCUT2D eigenvalue weighted by Gasteiger charge is 2.94. The minimum Gasteiger partial charge on any atom is -0.200 e. The summed E-state index contributed by atoms with van der Waals surface area (Å²) in [5.41, 5.74) is 0. The van der Waals surface area contributed by atoms with Gasteiger partial charge in [-0.1, -0.05) is 52.4 Å². The van der Waals surface area contributed by atoms with Gasteiger partial charge in [-0.15, -0.1) is 0 Å². The van der Waals surface area contributed by atoms with Gasteiger partial charge in [0.05, 0.1) is 0 Å². The largest absolute Gasteiger partial charge is 0.384 e. The van der Waals surface area contributed by atoms with Gasteiger partial charge in [-0.05, 0) is 6.42 Å². The van der Waals surface area contributed by atoms with E-state index in [1.54, 1.807) is 6.92 Å². The lowest BCUT2D eigenvalue weighted by Gasteiger charge is -2.43. The quantitative estimate of drug-likeness (QED) is 0.131. The Bertz CT molecular complexity index is 668. The van der Waals surface area contributed by atoms with Crippen LogP contribution in [0.2, 0.25) is 0 Å². The molecule has 0 spiro atoms. The molecule has 0 unspecified atom stereocenters. The molecule has 0 aliphatic carbocycles. The minimum absolute atomic E-state index is 0.118. The van der Waals surface area contributed by atoms with Gasteiger partial charge in [0.15, 0.2) is 0 Å². The van der Waals surface area contributed by atoms with Crippen molar-refractivity contribution in [2.75, 3.05) is 0 Å². The normalized spacial score (nSPS) is 15.6. The van der Waals surface area contributed by atoms with Gasteiger partial charge in [0.2, 0.25) is 0 Å². The average molecular weight is 556 g/mol. The second-order valence-corrected chi connectivity index (χ2v) is 8.12. The molecule has 16 heteroatoms. The van der Waals surface area contributed by atoms with Crippen LogP contribution in [0.1, 0.15) is 71.6 Å². The minimum atomic E-state index is -8.33. The van der Waals surface area contributed by atoms with E-state index in [0.29, 0.717) is 26.2 Å². The second kappa shape index (κ2) is 10.7. The molecule has 0 saturated carbocycles. The van der Waals surface area contributed by atoms with Crippen LogP contribution < -0.4 is 0 Å². The molecule has 35 heavy (non-hydrogen) atoms. The predicted octanol–water partition coefficient (Wildman–Crippen LogP) is 9.62. The fourth-order valence-electron chi connectivity index (χ4n) is 3.00. The lowest BCUT2D eigenvalue weighted by molar-refractivity contribution is -0.453. The summed E-state index contributed by atoms with van der Waals surface area (Å²) >= 11 is 0. The van der Waals surface area contributed by atoms with E-state index in [1.807, 2.05) is 0 Å². The molecule has 0 bridgehead atoms. The molecule has 0 atom stereocenters. The highest BCUT2D eigenvalue weighted by Crippen LogP contribution is 2.64. The molecule has 0 radical (unpaired) electrons. The summed E-state index contributed by atoms with van der Waals surface area (Å²) < 4.78 is 219. The van der Waals surface area contributed by atoms with Gasteiger partial charge in [0, 0.05) is 12.8 Å². The second-order valence-electron chi connectivity index (χ2n) is 8.12. The molecule has 0 saturated heterocycles. The van der Waals surface area contributed by atoms with Gasteiger partial charge >= 0.3 is 47.4 Å². The third-order valence-corrected chi connectivity index (χ3v) is 5.30. The summed E-state index contributed by atoms with van der Waals surface area (Å²) in [5, 5.41) is 0. The summed E-state index contributed by atoms with van der Waals surface area (Å²) in [7, 11) is 0. The van der Waals surface area contributed by atoms with Crippen molar-refractivity contribution in [1.29, 1.82) is 0 Å². The molecule has 0 aliphatic heterocycles. The van der Waals surface area contributed by atoms with Crippen molar-refractivity contribution in [3.8, 4) is 0 Å². The molecule has 0 aromatic carbocycles. The number of unbranched alkanes of at least 4 members (excludes halogenated alkanes) is 5. The Balaban J connectivity index is 6.22. The van der Waals surface area contributed by atoms with Crippen LogP contribution in [-0.4, -0.2) is 47.4 Å². The topological polar surface area (TPSA) is 0 Å². The van der Waals surface area contributed by atoms with E-state index >= 15 is 0 Å². The third kappa shape index (κ3) is 5.59. The van der Waals surface area contributed by atoms with Crippen molar-refractivity contribution in [3.63, 3.8) is 0 Å². The summed E-state index contributed by atoms with van der Waals surface area (Å²) in [4.78, 5) is 0. The van der Waals surface area contributed by atoms with E-state index in [4.69, 9.17) is 0 Å². The first-order valence-electron chi connectivity index (χ1n) is 10.4. The van der Waals surface area contributed by atoms with E-state index in [1.165, 1.54) is 0 Å². The van der Waals surface area contributed by atoms with Crippen LogP contribution in [0.3, 0.4) is 0 Å². The fourth-order valence-corrected chi connectivity index (χ4v) is 3.00. The van der Waals surface area contributed by atoms with Crippen LogP contribution in [-0.2, 0) is 0 Å². The van der Waals surface area contributed by atoms with Gasteiger partial charge in [0.25, 0.3) is 0 Å². The lowest BCUT2D eigenvalue weighted by Crippen LogP contribution is -2.74. The molecule has 0 amide bonds. The molecular formula is C19H24F16. The number of halogens is 16.